The highest BCUT2D eigenvalue weighted by Crippen LogP contribution is 2.17. The van der Waals surface area contributed by atoms with Crippen LogP contribution in [0.3, 0.4) is 0 Å². The standard InChI is InChI=1S/C18H30N4O2S.HI/c1-6-14-7-8-15(25-14)11-20-16(19-5)22-10-9-13(12-22)21-17(23)24-18(2,3)4;/h7-8,13H,6,9-12H2,1-5H3,(H,19,20)(H,21,23);1H. The van der Waals surface area contributed by atoms with E-state index in [1.165, 1.54) is 9.75 Å². The summed E-state index contributed by atoms with van der Waals surface area (Å²) in [5, 5.41) is 6.37. The van der Waals surface area contributed by atoms with Gasteiger partial charge in [0.05, 0.1) is 12.6 Å². The number of aliphatic imine (C=N–C) groups is 1. The van der Waals surface area contributed by atoms with Crippen LogP contribution < -0.4 is 10.6 Å². The molecular weight excluding hydrogens is 463 g/mol. The molecule has 1 aliphatic rings. The molecule has 148 valence electrons. The zero-order chi connectivity index (χ0) is 18.4. The van der Waals surface area contributed by atoms with E-state index in [9.17, 15) is 4.79 Å². The smallest absolute Gasteiger partial charge is 0.407 e. The lowest BCUT2D eigenvalue weighted by molar-refractivity contribution is 0.0507. The molecule has 2 N–H and O–H groups in total. The first kappa shape index (κ1) is 23.0. The quantitative estimate of drug-likeness (QED) is 0.382. The van der Waals surface area contributed by atoms with Crippen LogP contribution in [0.2, 0.25) is 0 Å². The molecule has 6 nitrogen and oxygen atoms in total. The number of guanidine groups is 1. The number of ether oxygens (including phenoxy) is 1. The van der Waals surface area contributed by atoms with E-state index in [1.807, 2.05) is 32.1 Å². The number of likely N-dealkylation sites (tertiary alicyclic amines) is 1. The van der Waals surface area contributed by atoms with Crippen molar-refractivity contribution < 1.29 is 9.53 Å². The molecule has 0 aliphatic carbocycles. The van der Waals surface area contributed by atoms with Crippen molar-refractivity contribution in [2.45, 2.75) is 58.7 Å². The number of aryl methyl sites for hydroxylation is 1. The van der Waals surface area contributed by atoms with Crippen molar-refractivity contribution in [3.05, 3.63) is 21.9 Å². The van der Waals surface area contributed by atoms with Gasteiger partial charge in [-0.15, -0.1) is 35.3 Å². The number of nitrogens with one attached hydrogen (secondary N) is 2. The van der Waals surface area contributed by atoms with Crippen molar-refractivity contribution in [3.63, 3.8) is 0 Å². The Morgan fingerprint density at radius 1 is 1.38 bits per heavy atom. The second kappa shape index (κ2) is 10.3. The lowest BCUT2D eigenvalue weighted by atomic mass is 10.2. The van der Waals surface area contributed by atoms with Gasteiger partial charge in [-0.3, -0.25) is 4.99 Å². The van der Waals surface area contributed by atoms with Gasteiger partial charge in [-0.1, -0.05) is 6.92 Å². The van der Waals surface area contributed by atoms with Gasteiger partial charge in [0.25, 0.3) is 0 Å². The van der Waals surface area contributed by atoms with Crippen molar-refractivity contribution in [1.29, 1.82) is 0 Å². The second-order valence-electron chi connectivity index (χ2n) is 7.20. The Bertz CT molecular complexity index is 613. The Kier molecular flexibility index (Phi) is 9.15. The lowest BCUT2D eigenvalue weighted by Crippen LogP contribution is -2.44. The van der Waals surface area contributed by atoms with Crippen LogP contribution in [-0.4, -0.2) is 48.7 Å². The molecule has 2 rings (SSSR count). The molecule has 26 heavy (non-hydrogen) atoms. The summed E-state index contributed by atoms with van der Waals surface area (Å²) in [6.07, 6.45) is 1.61. The summed E-state index contributed by atoms with van der Waals surface area (Å²) in [5.74, 6) is 0.875. The van der Waals surface area contributed by atoms with Gasteiger partial charge in [0.15, 0.2) is 5.96 Å². The minimum absolute atomic E-state index is 0. The predicted octanol–water partition coefficient (Wildman–Crippen LogP) is 3.60. The number of nitrogens with zero attached hydrogens (tertiary/aromatic N) is 2. The number of rotatable bonds is 4. The fourth-order valence-corrected chi connectivity index (χ4v) is 3.65. The monoisotopic (exact) mass is 494 g/mol. The summed E-state index contributed by atoms with van der Waals surface area (Å²) in [4.78, 5) is 21.2. The largest absolute Gasteiger partial charge is 0.444 e. The number of halogens is 1. The topological polar surface area (TPSA) is 66.0 Å². The molecule has 1 aliphatic heterocycles. The second-order valence-corrected chi connectivity index (χ2v) is 8.45. The van der Waals surface area contributed by atoms with Gasteiger partial charge in [0.2, 0.25) is 0 Å². The molecule has 0 saturated carbocycles. The van der Waals surface area contributed by atoms with Crippen molar-refractivity contribution in [3.8, 4) is 0 Å². The normalized spacial score (nSPS) is 17.7. The van der Waals surface area contributed by atoms with Gasteiger partial charge in [0.1, 0.15) is 5.60 Å². The van der Waals surface area contributed by atoms with Gasteiger partial charge < -0.3 is 20.3 Å². The van der Waals surface area contributed by atoms with E-state index in [2.05, 4.69) is 39.6 Å². The molecule has 1 unspecified atom stereocenters. The molecule has 0 aromatic carbocycles. The minimum atomic E-state index is -0.474. The third-order valence-electron chi connectivity index (χ3n) is 3.91. The van der Waals surface area contributed by atoms with Crippen LogP contribution in [0, 0.1) is 0 Å². The number of carbonyl (C=O) groups is 1. The van der Waals surface area contributed by atoms with Crippen LogP contribution in [-0.2, 0) is 17.7 Å². The maximum atomic E-state index is 11.9. The number of alkyl carbamates (subject to hydrolysis) is 1. The molecule has 1 aromatic rings. The molecule has 0 radical (unpaired) electrons. The van der Waals surface area contributed by atoms with Gasteiger partial charge in [0, 0.05) is 29.9 Å². The molecule has 1 fully saturated rings. The Balaban J connectivity index is 0.00000338. The summed E-state index contributed by atoms with van der Waals surface area (Å²) < 4.78 is 5.33. The fraction of sp³-hybridized carbons (Fsp3) is 0.667. The van der Waals surface area contributed by atoms with Gasteiger partial charge in [-0.2, -0.15) is 0 Å². The third kappa shape index (κ3) is 7.30. The maximum Gasteiger partial charge on any atom is 0.407 e. The molecular formula is C18H31IN4O2S. The van der Waals surface area contributed by atoms with E-state index < -0.39 is 5.60 Å². The Labute approximate surface area is 177 Å². The average molecular weight is 494 g/mol. The van der Waals surface area contributed by atoms with Crippen molar-refractivity contribution >= 4 is 47.4 Å². The number of carbonyl (C=O) groups excluding carboxylic acids is 1. The molecule has 1 atom stereocenters. The van der Waals surface area contributed by atoms with Crippen LogP contribution in [0.15, 0.2) is 17.1 Å². The van der Waals surface area contributed by atoms with E-state index in [-0.39, 0.29) is 36.1 Å². The Morgan fingerprint density at radius 3 is 2.65 bits per heavy atom. The summed E-state index contributed by atoms with van der Waals surface area (Å²) in [7, 11) is 1.79. The van der Waals surface area contributed by atoms with Crippen LogP contribution in [0.1, 0.15) is 43.9 Å². The minimum Gasteiger partial charge on any atom is -0.444 e. The Hall–Kier alpha value is -1.03. The molecule has 1 aromatic heterocycles. The number of hydrogen-bond donors (Lipinski definition) is 2. The summed E-state index contributed by atoms with van der Waals surface area (Å²) in [6, 6.07) is 4.43. The van der Waals surface area contributed by atoms with Crippen LogP contribution in [0.5, 0.6) is 0 Å². The zero-order valence-electron chi connectivity index (χ0n) is 16.3. The first-order chi connectivity index (χ1) is 11.8. The average Bonchev–Trinajstić information content (AvgIpc) is 3.15. The van der Waals surface area contributed by atoms with E-state index in [4.69, 9.17) is 4.74 Å². The molecule has 0 bridgehead atoms. The fourth-order valence-electron chi connectivity index (χ4n) is 2.75. The van der Waals surface area contributed by atoms with E-state index in [0.717, 1.165) is 38.4 Å². The first-order valence-electron chi connectivity index (χ1n) is 8.83. The molecule has 1 amide bonds. The van der Waals surface area contributed by atoms with Crippen LogP contribution in [0.4, 0.5) is 4.79 Å². The van der Waals surface area contributed by atoms with Crippen molar-refractivity contribution in [1.82, 2.24) is 15.5 Å². The third-order valence-corrected chi connectivity index (χ3v) is 5.14. The van der Waals surface area contributed by atoms with E-state index in [1.54, 1.807) is 7.05 Å². The summed E-state index contributed by atoms with van der Waals surface area (Å²) in [6.45, 7) is 10.2. The van der Waals surface area contributed by atoms with Crippen molar-refractivity contribution in [2.75, 3.05) is 20.1 Å². The highest BCUT2D eigenvalue weighted by molar-refractivity contribution is 14.0. The number of hydrogen-bond acceptors (Lipinski definition) is 4. The molecule has 2 heterocycles. The van der Waals surface area contributed by atoms with Gasteiger partial charge >= 0.3 is 6.09 Å². The van der Waals surface area contributed by atoms with Crippen LogP contribution >= 0.6 is 35.3 Å². The predicted molar refractivity (Wildman–Crippen MR) is 119 cm³/mol. The van der Waals surface area contributed by atoms with Gasteiger partial charge in [-0.25, -0.2) is 4.79 Å². The number of amides is 1. The van der Waals surface area contributed by atoms with Crippen molar-refractivity contribution in [2.24, 2.45) is 4.99 Å². The molecule has 0 spiro atoms. The SMILES string of the molecule is CCc1ccc(CNC(=NC)N2CCC(NC(=O)OC(C)(C)C)C2)s1.I. The number of thiophene rings is 1. The van der Waals surface area contributed by atoms with E-state index in [0.29, 0.717) is 0 Å². The Morgan fingerprint density at radius 2 is 2.08 bits per heavy atom. The van der Waals surface area contributed by atoms with Crippen LogP contribution in [0.25, 0.3) is 0 Å². The zero-order valence-corrected chi connectivity index (χ0v) is 19.4. The molecule has 8 heteroatoms. The molecule has 1 saturated heterocycles. The summed E-state index contributed by atoms with van der Waals surface area (Å²) in [5.41, 5.74) is -0.474. The maximum absolute atomic E-state index is 11.9. The van der Waals surface area contributed by atoms with Gasteiger partial charge in [-0.05, 0) is 45.7 Å². The summed E-state index contributed by atoms with van der Waals surface area (Å²) >= 11 is 1.83. The lowest BCUT2D eigenvalue weighted by Gasteiger charge is -2.23. The highest BCUT2D eigenvalue weighted by Gasteiger charge is 2.27. The van der Waals surface area contributed by atoms with E-state index >= 15 is 0 Å². The first-order valence-corrected chi connectivity index (χ1v) is 9.65. The highest BCUT2D eigenvalue weighted by atomic mass is 127.